The topological polar surface area (TPSA) is 93.3 Å². The van der Waals surface area contributed by atoms with Crippen molar-refractivity contribution in [1.29, 1.82) is 0 Å². The van der Waals surface area contributed by atoms with Crippen LogP contribution in [0.15, 0.2) is 30.5 Å². The van der Waals surface area contributed by atoms with E-state index in [0.29, 0.717) is 28.3 Å². The van der Waals surface area contributed by atoms with Crippen LogP contribution in [0.2, 0.25) is 5.02 Å². The Morgan fingerprint density at radius 1 is 1.21 bits per heavy atom. The van der Waals surface area contributed by atoms with E-state index in [4.69, 9.17) is 22.1 Å². The highest BCUT2D eigenvalue weighted by molar-refractivity contribution is 6.30. The number of aromatic nitrogens is 2. The van der Waals surface area contributed by atoms with Crippen LogP contribution in [0.25, 0.3) is 0 Å². The van der Waals surface area contributed by atoms with Gasteiger partial charge in [-0.2, -0.15) is 4.98 Å². The molecule has 3 rings (SSSR count). The fourth-order valence-corrected chi connectivity index (χ4v) is 3.00. The summed E-state index contributed by atoms with van der Waals surface area (Å²) in [4.78, 5) is 8.29. The number of aliphatic hydroxyl groups excluding tert-OH is 1. The Labute approximate surface area is 146 Å². The fourth-order valence-electron chi connectivity index (χ4n) is 2.87. The third kappa shape index (κ3) is 4.27. The average molecular weight is 349 g/mol. The van der Waals surface area contributed by atoms with Crippen molar-refractivity contribution in [1.82, 2.24) is 9.97 Å². The number of nitrogens with one attached hydrogen (secondary N) is 1. The molecule has 0 spiro atoms. The summed E-state index contributed by atoms with van der Waals surface area (Å²) in [7, 11) is 0. The summed E-state index contributed by atoms with van der Waals surface area (Å²) in [6, 6.07) is 7.38. The van der Waals surface area contributed by atoms with Gasteiger partial charge in [-0.25, -0.2) is 4.98 Å². The van der Waals surface area contributed by atoms with E-state index in [2.05, 4.69) is 15.3 Å². The molecule has 4 N–H and O–H groups in total. The highest BCUT2D eigenvalue weighted by Crippen LogP contribution is 2.32. The molecule has 128 valence electrons. The van der Waals surface area contributed by atoms with Crippen LogP contribution in [-0.4, -0.2) is 27.7 Å². The molecule has 1 aliphatic carbocycles. The number of rotatable bonds is 5. The molecule has 1 saturated carbocycles. The summed E-state index contributed by atoms with van der Waals surface area (Å²) in [5, 5.41) is 13.3. The molecule has 1 aromatic carbocycles. The summed E-state index contributed by atoms with van der Waals surface area (Å²) in [5.74, 6) is 2.37. The molecule has 1 heterocycles. The molecule has 0 unspecified atom stereocenters. The van der Waals surface area contributed by atoms with Crippen LogP contribution < -0.4 is 15.8 Å². The van der Waals surface area contributed by atoms with Crippen LogP contribution >= 0.6 is 11.6 Å². The summed E-state index contributed by atoms with van der Waals surface area (Å²) in [5.41, 5.74) is 5.72. The Balaban J connectivity index is 1.72. The number of hydrogen-bond donors (Lipinski definition) is 3. The number of aliphatic hydroxyl groups is 1. The van der Waals surface area contributed by atoms with Crippen LogP contribution in [0.5, 0.6) is 11.5 Å². The molecule has 1 fully saturated rings. The van der Waals surface area contributed by atoms with Gasteiger partial charge in [-0.05, 0) is 55.9 Å². The fraction of sp³-hybridized carbons (Fsp3) is 0.412. The molecule has 0 atom stereocenters. The predicted octanol–water partition coefficient (Wildman–Crippen LogP) is 3.47. The Kier molecular flexibility index (Phi) is 5.37. The van der Waals surface area contributed by atoms with Gasteiger partial charge >= 0.3 is 0 Å². The van der Waals surface area contributed by atoms with Gasteiger partial charge in [-0.1, -0.05) is 11.6 Å². The molecule has 0 bridgehead atoms. The minimum atomic E-state index is 0.199. The third-order valence-corrected chi connectivity index (χ3v) is 4.51. The van der Waals surface area contributed by atoms with Crippen LogP contribution in [0, 0.1) is 5.92 Å². The van der Waals surface area contributed by atoms with Gasteiger partial charge in [0.2, 0.25) is 5.95 Å². The first kappa shape index (κ1) is 16.8. The zero-order chi connectivity index (χ0) is 16.9. The number of nitrogens with two attached hydrogens (primary N) is 1. The lowest BCUT2D eigenvalue weighted by molar-refractivity contribution is 0.185. The minimum Gasteiger partial charge on any atom is -0.452 e. The van der Waals surface area contributed by atoms with Crippen molar-refractivity contribution in [2.24, 2.45) is 5.92 Å². The van der Waals surface area contributed by atoms with Crippen molar-refractivity contribution < 1.29 is 9.84 Å². The highest BCUT2D eigenvalue weighted by atomic mass is 35.5. The monoisotopic (exact) mass is 348 g/mol. The maximum atomic E-state index is 9.24. The Bertz CT molecular complexity index is 673. The maximum Gasteiger partial charge on any atom is 0.222 e. The van der Waals surface area contributed by atoms with Crippen molar-refractivity contribution in [2.45, 2.75) is 31.7 Å². The first-order valence-corrected chi connectivity index (χ1v) is 8.45. The van der Waals surface area contributed by atoms with Gasteiger partial charge < -0.3 is 20.9 Å². The number of halogens is 1. The molecule has 0 amide bonds. The van der Waals surface area contributed by atoms with Crippen LogP contribution in [-0.2, 0) is 0 Å². The van der Waals surface area contributed by atoms with E-state index < -0.39 is 0 Å². The molecule has 2 aromatic rings. The van der Waals surface area contributed by atoms with E-state index in [1.54, 1.807) is 30.5 Å². The number of nitrogen functional groups attached to an aromatic ring is 1. The number of hydrogen-bond acceptors (Lipinski definition) is 6. The summed E-state index contributed by atoms with van der Waals surface area (Å²) in [6.45, 7) is 0.262. The first-order valence-electron chi connectivity index (χ1n) is 8.07. The number of ether oxygens (including phenoxy) is 1. The molecule has 6 nitrogen and oxygen atoms in total. The second-order valence-corrected chi connectivity index (χ2v) is 6.48. The van der Waals surface area contributed by atoms with Crippen molar-refractivity contribution in [2.75, 3.05) is 17.7 Å². The first-order chi connectivity index (χ1) is 11.6. The van der Waals surface area contributed by atoms with Crippen LogP contribution in [0.3, 0.4) is 0 Å². The van der Waals surface area contributed by atoms with Gasteiger partial charge in [0.25, 0.3) is 0 Å². The third-order valence-electron chi connectivity index (χ3n) is 4.26. The second kappa shape index (κ2) is 7.68. The van der Waals surface area contributed by atoms with Crippen molar-refractivity contribution in [3.8, 4) is 11.5 Å². The van der Waals surface area contributed by atoms with Crippen molar-refractivity contribution in [3.05, 3.63) is 35.5 Å². The van der Waals surface area contributed by atoms with Crippen molar-refractivity contribution >= 4 is 23.4 Å². The lowest BCUT2D eigenvalue weighted by Crippen LogP contribution is -2.28. The molecule has 0 radical (unpaired) electrons. The van der Waals surface area contributed by atoms with Gasteiger partial charge in [0, 0.05) is 17.7 Å². The Morgan fingerprint density at radius 2 is 1.92 bits per heavy atom. The van der Waals surface area contributed by atoms with E-state index in [1.807, 2.05) is 0 Å². The van der Waals surface area contributed by atoms with E-state index in [1.165, 1.54) is 0 Å². The zero-order valence-corrected chi connectivity index (χ0v) is 14.0. The highest BCUT2D eigenvalue weighted by Gasteiger charge is 2.22. The number of anilines is 2. The largest absolute Gasteiger partial charge is 0.452 e. The molecular formula is C17H21ClN4O2. The molecule has 1 aliphatic rings. The maximum absolute atomic E-state index is 9.24. The summed E-state index contributed by atoms with van der Waals surface area (Å²) in [6.07, 6.45) is 5.54. The Hall–Kier alpha value is -2.05. The standard InChI is InChI=1S/C17H21ClN4O2/c18-12-3-7-14(8-4-12)24-15-9-20-17(19)22-16(15)21-13-5-1-11(10-23)2-6-13/h3-4,7-9,11,13,23H,1-2,5-6,10H2,(H3,19,20,21,22)/t11-,13+. The van der Waals surface area contributed by atoms with Crippen LogP contribution in [0.4, 0.5) is 11.8 Å². The average Bonchev–Trinajstić information content (AvgIpc) is 2.60. The second-order valence-electron chi connectivity index (χ2n) is 6.04. The normalized spacial score (nSPS) is 20.6. The zero-order valence-electron chi connectivity index (χ0n) is 13.3. The molecule has 24 heavy (non-hydrogen) atoms. The predicted molar refractivity (Wildman–Crippen MR) is 94.4 cm³/mol. The van der Waals surface area contributed by atoms with E-state index in [0.717, 1.165) is 25.7 Å². The minimum absolute atomic E-state index is 0.199. The van der Waals surface area contributed by atoms with Crippen LogP contribution in [0.1, 0.15) is 25.7 Å². The smallest absolute Gasteiger partial charge is 0.222 e. The van der Waals surface area contributed by atoms with Gasteiger partial charge in [0.1, 0.15) is 5.75 Å². The van der Waals surface area contributed by atoms with Gasteiger partial charge in [-0.3, -0.25) is 0 Å². The summed E-state index contributed by atoms with van der Waals surface area (Å²) < 4.78 is 5.86. The number of benzene rings is 1. The lowest BCUT2D eigenvalue weighted by Gasteiger charge is -2.28. The van der Waals surface area contributed by atoms with Gasteiger partial charge in [0.15, 0.2) is 11.6 Å². The van der Waals surface area contributed by atoms with Crippen molar-refractivity contribution in [3.63, 3.8) is 0 Å². The SMILES string of the molecule is Nc1ncc(Oc2ccc(Cl)cc2)c(N[C@H]2CC[C@@H](CO)CC2)n1. The molecule has 1 aromatic heterocycles. The van der Waals surface area contributed by atoms with E-state index in [9.17, 15) is 5.11 Å². The summed E-state index contributed by atoms with van der Waals surface area (Å²) >= 11 is 5.89. The lowest BCUT2D eigenvalue weighted by atomic mass is 9.86. The van der Waals surface area contributed by atoms with Gasteiger partial charge in [0.05, 0.1) is 6.20 Å². The van der Waals surface area contributed by atoms with Gasteiger partial charge in [-0.15, -0.1) is 0 Å². The molecule has 7 heteroatoms. The quantitative estimate of drug-likeness (QED) is 0.766. The van der Waals surface area contributed by atoms with E-state index in [-0.39, 0.29) is 18.6 Å². The molecular weight excluding hydrogens is 328 g/mol. The van der Waals surface area contributed by atoms with E-state index >= 15 is 0 Å². The molecule has 0 aliphatic heterocycles. The molecule has 0 saturated heterocycles. The number of nitrogens with zero attached hydrogens (tertiary/aromatic N) is 2. The Morgan fingerprint density at radius 3 is 2.58 bits per heavy atom.